The van der Waals surface area contributed by atoms with Crippen LogP contribution in [0, 0.1) is 5.92 Å². The zero-order chi connectivity index (χ0) is 16.2. The van der Waals surface area contributed by atoms with Gasteiger partial charge in [-0.15, -0.1) is 0 Å². The lowest BCUT2D eigenvalue weighted by molar-refractivity contribution is -0.122. The number of para-hydroxylation sites is 1. The number of ether oxygens (including phenoxy) is 2. The molecule has 9 heteroatoms. The first-order valence-corrected chi connectivity index (χ1v) is 7.24. The van der Waals surface area contributed by atoms with Gasteiger partial charge in [-0.25, -0.2) is 4.68 Å². The fourth-order valence-corrected chi connectivity index (χ4v) is 2.52. The largest absolute Gasteiger partial charge is 0.493 e. The second kappa shape index (κ2) is 6.51. The van der Waals surface area contributed by atoms with Crippen molar-refractivity contribution >= 4 is 11.9 Å². The number of amides is 1. The van der Waals surface area contributed by atoms with Crippen LogP contribution in [-0.2, 0) is 17.8 Å². The predicted molar refractivity (Wildman–Crippen MR) is 80.9 cm³/mol. The third kappa shape index (κ3) is 3.33. The minimum absolute atomic E-state index is 0.00315. The van der Waals surface area contributed by atoms with E-state index in [-0.39, 0.29) is 24.3 Å². The lowest BCUT2D eigenvalue weighted by Crippen LogP contribution is -2.36. The first-order valence-electron chi connectivity index (χ1n) is 7.24. The van der Waals surface area contributed by atoms with Crippen LogP contribution in [0.3, 0.4) is 0 Å². The number of hydrogen-bond acceptors (Lipinski definition) is 7. The maximum atomic E-state index is 11.9. The Hall–Kier alpha value is -2.84. The molecule has 0 bridgehead atoms. The van der Waals surface area contributed by atoms with E-state index in [9.17, 15) is 4.79 Å². The highest BCUT2D eigenvalue weighted by Crippen LogP contribution is 2.35. The van der Waals surface area contributed by atoms with Crippen molar-refractivity contribution in [2.24, 2.45) is 5.92 Å². The smallest absolute Gasteiger partial charge is 0.241 e. The standard InChI is InChI=1S/C14H18N6O3/c1-22-11-4-2-3-10-5-9(8-23-13(10)11)6-16-12(21)7-20-14(15)17-18-19-20/h2-4,9H,5-8H2,1H3,(H,16,21)(H2,15,17,19). The summed E-state index contributed by atoms with van der Waals surface area (Å²) in [6.07, 6.45) is 0.819. The van der Waals surface area contributed by atoms with Gasteiger partial charge in [0.2, 0.25) is 11.9 Å². The zero-order valence-corrected chi connectivity index (χ0v) is 12.7. The number of carbonyl (C=O) groups excluding carboxylic acids is 1. The number of nitrogens with zero attached hydrogens (tertiary/aromatic N) is 4. The van der Waals surface area contributed by atoms with Gasteiger partial charge in [0, 0.05) is 12.5 Å². The molecule has 9 nitrogen and oxygen atoms in total. The Balaban J connectivity index is 1.54. The number of anilines is 1. The number of methoxy groups -OCH3 is 1. The molecule has 0 spiro atoms. The zero-order valence-electron chi connectivity index (χ0n) is 12.7. The van der Waals surface area contributed by atoms with Gasteiger partial charge >= 0.3 is 0 Å². The molecule has 1 aromatic carbocycles. The molecular weight excluding hydrogens is 300 g/mol. The minimum atomic E-state index is -0.194. The highest BCUT2D eigenvalue weighted by atomic mass is 16.5. The van der Waals surface area contributed by atoms with Crippen molar-refractivity contribution in [2.45, 2.75) is 13.0 Å². The van der Waals surface area contributed by atoms with Crippen molar-refractivity contribution in [3.05, 3.63) is 23.8 Å². The molecule has 3 N–H and O–H groups in total. The van der Waals surface area contributed by atoms with Crippen LogP contribution in [-0.4, -0.2) is 46.4 Å². The predicted octanol–water partition coefficient (Wildman–Crippen LogP) is -0.369. The third-order valence-corrected chi connectivity index (χ3v) is 3.69. The van der Waals surface area contributed by atoms with E-state index < -0.39 is 0 Å². The Bertz CT molecular complexity index is 702. The molecule has 0 fully saturated rings. The summed E-state index contributed by atoms with van der Waals surface area (Å²) in [6, 6.07) is 5.81. The van der Waals surface area contributed by atoms with Gasteiger partial charge in [-0.2, -0.15) is 0 Å². The SMILES string of the molecule is COc1cccc2c1OCC(CNC(=O)Cn1nnnc1N)C2. The maximum Gasteiger partial charge on any atom is 0.241 e. The van der Waals surface area contributed by atoms with E-state index in [1.165, 1.54) is 4.68 Å². The Morgan fingerprint density at radius 2 is 2.43 bits per heavy atom. The number of fused-ring (bicyclic) bond motifs is 1. The van der Waals surface area contributed by atoms with Crippen LogP contribution < -0.4 is 20.5 Å². The molecule has 122 valence electrons. The molecule has 1 aliphatic rings. The minimum Gasteiger partial charge on any atom is -0.493 e. The quantitative estimate of drug-likeness (QED) is 0.772. The van der Waals surface area contributed by atoms with Crippen molar-refractivity contribution in [1.82, 2.24) is 25.5 Å². The average Bonchev–Trinajstić information content (AvgIpc) is 2.97. The normalized spacial score (nSPS) is 16.3. The number of rotatable bonds is 5. The van der Waals surface area contributed by atoms with Crippen molar-refractivity contribution in [3.8, 4) is 11.5 Å². The third-order valence-electron chi connectivity index (χ3n) is 3.69. The second-order valence-corrected chi connectivity index (χ2v) is 5.33. The van der Waals surface area contributed by atoms with Gasteiger partial charge in [-0.1, -0.05) is 17.2 Å². The van der Waals surface area contributed by atoms with Gasteiger partial charge in [0.15, 0.2) is 11.5 Å². The van der Waals surface area contributed by atoms with E-state index in [4.69, 9.17) is 15.2 Å². The summed E-state index contributed by atoms with van der Waals surface area (Å²) in [5.41, 5.74) is 6.61. The summed E-state index contributed by atoms with van der Waals surface area (Å²) >= 11 is 0. The average molecular weight is 318 g/mol. The van der Waals surface area contributed by atoms with E-state index in [1.807, 2.05) is 18.2 Å². The van der Waals surface area contributed by atoms with Crippen LogP contribution in [0.15, 0.2) is 18.2 Å². The number of benzene rings is 1. The van der Waals surface area contributed by atoms with Crippen LogP contribution in [0.5, 0.6) is 11.5 Å². The van der Waals surface area contributed by atoms with Crippen molar-refractivity contribution in [1.29, 1.82) is 0 Å². The van der Waals surface area contributed by atoms with E-state index in [0.29, 0.717) is 13.2 Å². The lowest BCUT2D eigenvalue weighted by atomic mass is 9.96. The summed E-state index contributed by atoms with van der Waals surface area (Å²) in [5.74, 6) is 1.64. The van der Waals surface area contributed by atoms with Crippen LogP contribution in [0.4, 0.5) is 5.95 Å². The van der Waals surface area contributed by atoms with Gasteiger partial charge in [-0.3, -0.25) is 4.79 Å². The Morgan fingerprint density at radius 1 is 1.57 bits per heavy atom. The number of hydrogen-bond donors (Lipinski definition) is 2. The van der Waals surface area contributed by atoms with E-state index >= 15 is 0 Å². The van der Waals surface area contributed by atoms with Gasteiger partial charge in [0.05, 0.1) is 13.7 Å². The maximum absolute atomic E-state index is 11.9. The van der Waals surface area contributed by atoms with Crippen LogP contribution in [0.25, 0.3) is 0 Å². The first kappa shape index (κ1) is 15.1. The summed E-state index contributed by atoms with van der Waals surface area (Å²) in [6.45, 7) is 1.04. The van der Waals surface area contributed by atoms with Crippen molar-refractivity contribution in [2.75, 3.05) is 26.0 Å². The summed E-state index contributed by atoms with van der Waals surface area (Å²) in [4.78, 5) is 11.9. The fraction of sp³-hybridized carbons (Fsp3) is 0.429. The van der Waals surface area contributed by atoms with Crippen LogP contribution in [0.1, 0.15) is 5.56 Å². The van der Waals surface area contributed by atoms with Crippen molar-refractivity contribution in [3.63, 3.8) is 0 Å². The summed E-state index contributed by atoms with van der Waals surface area (Å²) < 4.78 is 12.3. The number of nitrogen functional groups attached to an aromatic ring is 1. The van der Waals surface area contributed by atoms with Crippen molar-refractivity contribution < 1.29 is 14.3 Å². The fourth-order valence-electron chi connectivity index (χ4n) is 2.52. The Labute approximate surface area is 132 Å². The number of carbonyl (C=O) groups is 1. The Kier molecular flexibility index (Phi) is 4.26. The molecule has 0 aliphatic carbocycles. The van der Waals surface area contributed by atoms with Crippen LogP contribution >= 0.6 is 0 Å². The van der Waals surface area contributed by atoms with E-state index in [2.05, 4.69) is 20.8 Å². The monoisotopic (exact) mass is 318 g/mol. The molecule has 23 heavy (non-hydrogen) atoms. The van der Waals surface area contributed by atoms with Crippen LogP contribution in [0.2, 0.25) is 0 Å². The number of tetrazole rings is 1. The molecule has 0 saturated carbocycles. The summed E-state index contributed by atoms with van der Waals surface area (Å²) in [7, 11) is 1.62. The van der Waals surface area contributed by atoms with Gasteiger partial charge < -0.3 is 20.5 Å². The lowest BCUT2D eigenvalue weighted by Gasteiger charge is -2.26. The first-order chi connectivity index (χ1) is 11.2. The molecule has 1 aliphatic heterocycles. The molecule has 1 aromatic heterocycles. The molecule has 2 heterocycles. The van der Waals surface area contributed by atoms with Gasteiger partial charge in [-0.05, 0) is 28.5 Å². The molecule has 3 rings (SSSR count). The number of nitrogens with two attached hydrogens (primary N) is 1. The molecule has 0 saturated heterocycles. The highest BCUT2D eigenvalue weighted by molar-refractivity contribution is 5.75. The molecule has 1 amide bonds. The van der Waals surface area contributed by atoms with E-state index in [0.717, 1.165) is 23.5 Å². The number of aromatic nitrogens is 4. The molecule has 1 unspecified atom stereocenters. The highest BCUT2D eigenvalue weighted by Gasteiger charge is 2.23. The molecular formula is C14H18N6O3. The molecule has 2 aromatic rings. The van der Waals surface area contributed by atoms with E-state index in [1.54, 1.807) is 7.11 Å². The second-order valence-electron chi connectivity index (χ2n) is 5.33. The molecule has 1 atom stereocenters. The topological polar surface area (TPSA) is 117 Å². The molecule has 0 radical (unpaired) electrons. The Morgan fingerprint density at radius 3 is 3.17 bits per heavy atom. The van der Waals surface area contributed by atoms with Gasteiger partial charge in [0.1, 0.15) is 6.54 Å². The summed E-state index contributed by atoms with van der Waals surface area (Å²) in [5, 5.41) is 13.4. The van der Waals surface area contributed by atoms with Gasteiger partial charge in [0.25, 0.3) is 0 Å². The number of nitrogens with one attached hydrogen (secondary N) is 1.